The van der Waals surface area contributed by atoms with E-state index in [0.717, 1.165) is 29.7 Å². The molecule has 7 heteroatoms. The number of para-hydroxylation sites is 2. The van der Waals surface area contributed by atoms with Gasteiger partial charge in [0.1, 0.15) is 17.9 Å². The van der Waals surface area contributed by atoms with E-state index in [-0.39, 0.29) is 5.91 Å². The quantitative estimate of drug-likeness (QED) is 0.646. The van der Waals surface area contributed by atoms with Crippen molar-refractivity contribution in [2.45, 2.75) is 13.0 Å². The number of hydrogen-bond donors (Lipinski definition) is 3. The molecule has 6 nitrogen and oxygen atoms in total. The van der Waals surface area contributed by atoms with Crippen molar-refractivity contribution in [3.63, 3.8) is 0 Å². The average Bonchev–Trinajstić information content (AvgIpc) is 2.97. The topological polar surface area (TPSA) is 82.9 Å². The van der Waals surface area contributed by atoms with Crippen molar-refractivity contribution in [2.24, 2.45) is 0 Å². The standard InChI is InChI=1S/C19H20N4O2S/c1-23-8-7-11-12-9-13(17(20)22-19(12)26-16(11)10-23)18(24)21-14-5-3-4-6-15(14)25-2/h3-6,9H,7-8,10H2,1-2H3,(H2,20,22)(H,21,24)/p+2. The van der Waals surface area contributed by atoms with Gasteiger partial charge in [-0.1, -0.05) is 23.5 Å². The van der Waals surface area contributed by atoms with Crippen LogP contribution in [0.5, 0.6) is 5.75 Å². The Hall–Kier alpha value is -2.64. The number of aromatic amines is 1. The third kappa shape index (κ3) is 2.89. The minimum absolute atomic E-state index is 0.247. The minimum Gasteiger partial charge on any atom is -0.495 e. The van der Waals surface area contributed by atoms with Crippen molar-refractivity contribution < 1.29 is 19.4 Å². The van der Waals surface area contributed by atoms with Crippen LogP contribution in [0.15, 0.2) is 30.3 Å². The molecule has 0 saturated carbocycles. The largest absolute Gasteiger partial charge is 0.495 e. The first-order chi connectivity index (χ1) is 12.6. The lowest BCUT2D eigenvalue weighted by Crippen LogP contribution is -3.08. The number of carbonyl (C=O) groups is 1. The zero-order chi connectivity index (χ0) is 18.3. The number of rotatable bonds is 3. The third-order valence-electron chi connectivity index (χ3n) is 4.82. The first-order valence-electron chi connectivity index (χ1n) is 8.58. The summed E-state index contributed by atoms with van der Waals surface area (Å²) in [6, 6.07) is 9.24. The number of quaternary nitrogens is 1. The van der Waals surface area contributed by atoms with Gasteiger partial charge in [0.15, 0.2) is 4.83 Å². The number of methoxy groups -OCH3 is 1. The molecule has 3 aromatic rings. The van der Waals surface area contributed by atoms with Gasteiger partial charge in [-0.15, -0.1) is 0 Å². The van der Waals surface area contributed by atoms with E-state index in [1.165, 1.54) is 15.3 Å². The number of nitrogen functional groups attached to an aromatic ring is 1. The van der Waals surface area contributed by atoms with Crippen molar-refractivity contribution in [3.8, 4) is 5.75 Å². The second-order valence-electron chi connectivity index (χ2n) is 6.63. The number of likely N-dealkylation sites (N-methyl/N-ethyl adjacent to an activating group) is 1. The Balaban J connectivity index is 1.72. The maximum Gasteiger partial charge on any atom is 0.284 e. The number of fused-ring (bicyclic) bond motifs is 3. The fourth-order valence-corrected chi connectivity index (χ4v) is 4.78. The molecule has 1 amide bonds. The van der Waals surface area contributed by atoms with E-state index in [1.54, 1.807) is 24.5 Å². The van der Waals surface area contributed by atoms with Gasteiger partial charge in [-0.05, 0) is 23.8 Å². The normalized spacial score (nSPS) is 16.3. The number of thiophene rings is 1. The maximum atomic E-state index is 12.8. The van der Waals surface area contributed by atoms with Crippen LogP contribution in [0.1, 0.15) is 20.8 Å². The number of benzene rings is 1. The highest BCUT2D eigenvalue weighted by Crippen LogP contribution is 2.32. The van der Waals surface area contributed by atoms with Crippen molar-refractivity contribution >= 4 is 39.0 Å². The number of nitrogens with two attached hydrogens (primary N) is 1. The van der Waals surface area contributed by atoms with Crippen molar-refractivity contribution in [3.05, 3.63) is 46.3 Å². The molecule has 0 radical (unpaired) electrons. The molecule has 0 spiro atoms. The number of anilines is 2. The van der Waals surface area contributed by atoms with Crippen LogP contribution in [-0.2, 0) is 13.0 Å². The van der Waals surface area contributed by atoms with Crippen LogP contribution in [0.3, 0.4) is 0 Å². The number of aromatic nitrogens is 1. The number of pyridine rings is 1. The van der Waals surface area contributed by atoms with Crippen molar-refractivity contribution in [1.29, 1.82) is 0 Å². The summed E-state index contributed by atoms with van der Waals surface area (Å²) in [6.45, 7) is 2.12. The van der Waals surface area contributed by atoms with Gasteiger partial charge in [0, 0.05) is 11.8 Å². The Labute approximate surface area is 155 Å². The predicted octanol–water partition coefficient (Wildman–Crippen LogP) is 1.13. The molecule has 0 saturated heterocycles. The number of H-pyrrole nitrogens is 1. The van der Waals surface area contributed by atoms with Crippen LogP contribution < -0.4 is 25.7 Å². The molecule has 0 bridgehead atoms. The summed E-state index contributed by atoms with van der Waals surface area (Å²) in [4.78, 5) is 20.0. The average molecular weight is 370 g/mol. The zero-order valence-electron chi connectivity index (χ0n) is 14.8. The highest BCUT2D eigenvalue weighted by atomic mass is 32.1. The summed E-state index contributed by atoms with van der Waals surface area (Å²) in [5, 5.41) is 4.01. The Bertz CT molecular complexity index is 999. The zero-order valence-corrected chi connectivity index (χ0v) is 15.6. The number of nitrogens with one attached hydrogen (secondary N) is 3. The van der Waals surface area contributed by atoms with Gasteiger partial charge in [-0.2, -0.15) is 0 Å². The lowest BCUT2D eigenvalue weighted by molar-refractivity contribution is -0.895. The smallest absolute Gasteiger partial charge is 0.284 e. The van der Waals surface area contributed by atoms with Gasteiger partial charge < -0.3 is 15.0 Å². The summed E-state index contributed by atoms with van der Waals surface area (Å²) in [5.74, 6) is 0.747. The lowest BCUT2D eigenvalue weighted by atomic mass is 10.0. The van der Waals surface area contributed by atoms with Crippen LogP contribution in [-0.4, -0.2) is 26.6 Å². The van der Waals surface area contributed by atoms with Gasteiger partial charge in [0.2, 0.25) is 0 Å². The van der Waals surface area contributed by atoms with E-state index in [2.05, 4.69) is 17.3 Å². The van der Waals surface area contributed by atoms with Crippen LogP contribution in [0.2, 0.25) is 0 Å². The van der Waals surface area contributed by atoms with E-state index in [1.807, 2.05) is 24.3 Å². The highest BCUT2D eigenvalue weighted by molar-refractivity contribution is 7.18. The van der Waals surface area contributed by atoms with Gasteiger partial charge in [-0.3, -0.25) is 10.5 Å². The van der Waals surface area contributed by atoms with Crippen LogP contribution in [0.4, 0.5) is 11.5 Å². The molecule has 26 heavy (non-hydrogen) atoms. The molecule has 0 fully saturated rings. The monoisotopic (exact) mass is 370 g/mol. The van der Waals surface area contributed by atoms with Crippen LogP contribution in [0, 0.1) is 0 Å². The second kappa shape index (κ2) is 6.59. The summed E-state index contributed by atoms with van der Waals surface area (Å²) in [7, 11) is 3.79. The van der Waals surface area contributed by atoms with E-state index in [4.69, 9.17) is 10.5 Å². The Morgan fingerprint density at radius 3 is 3.00 bits per heavy atom. The lowest BCUT2D eigenvalue weighted by Gasteiger charge is -2.19. The summed E-state index contributed by atoms with van der Waals surface area (Å²) in [5.41, 5.74) is 8.57. The number of amides is 1. The molecular weight excluding hydrogens is 348 g/mol. The Morgan fingerprint density at radius 2 is 2.19 bits per heavy atom. The van der Waals surface area contributed by atoms with Gasteiger partial charge in [0.25, 0.3) is 11.7 Å². The molecule has 4 rings (SSSR count). The fourth-order valence-electron chi connectivity index (χ4n) is 3.43. The molecular formula is C19H22N4O2S+2. The number of ether oxygens (including phenoxy) is 1. The molecule has 0 aliphatic carbocycles. The maximum absolute atomic E-state index is 12.8. The molecule has 3 heterocycles. The number of carbonyl (C=O) groups excluding carboxylic acids is 1. The first-order valence-corrected chi connectivity index (χ1v) is 9.40. The van der Waals surface area contributed by atoms with E-state index >= 15 is 0 Å². The third-order valence-corrected chi connectivity index (χ3v) is 5.99. The summed E-state index contributed by atoms with van der Waals surface area (Å²) < 4.78 is 5.30. The summed E-state index contributed by atoms with van der Waals surface area (Å²) >= 11 is 1.74. The molecule has 5 N–H and O–H groups in total. The van der Waals surface area contributed by atoms with Crippen LogP contribution >= 0.6 is 11.3 Å². The molecule has 1 atom stereocenters. The van der Waals surface area contributed by atoms with E-state index in [9.17, 15) is 4.79 Å². The second-order valence-corrected chi connectivity index (χ2v) is 7.74. The SMILES string of the molecule is COc1ccccc1NC(=O)c1cc2c3c(sc2[nH+]c1N)C[NH+](C)CC3. The Morgan fingerprint density at radius 1 is 1.38 bits per heavy atom. The fraction of sp³-hybridized carbons (Fsp3) is 0.263. The first kappa shape index (κ1) is 16.8. The molecule has 1 aliphatic rings. The van der Waals surface area contributed by atoms with E-state index < -0.39 is 0 Å². The van der Waals surface area contributed by atoms with Gasteiger partial charge >= 0.3 is 0 Å². The molecule has 1 aromatic carbocycles. The van der Waals surface area contributed by atoms with Gasteiger partial charge in [-0.25, -0.2) is 4.98 Å². The molecule has 1 aliphatic heterocycles. The minimum atomic E-state index is -0.247. The van der Waals surface area contributed by atoms with Crippen LogP contribution in [0.25, 0.3) is 10.2 Å². The summed E-state index contributed by atoms with van der Waals surface area (Å²) in [6.07, 6.45) is 1.02. The highest BCUT2D eigenvalue weighted by Gasteiger charge is 2.26. The van der Waals surface area contributed by atoms with Gasteiger partial charge in [0.05, 0.1) is 31.3 Å². The predicted molar refractivity (Wildman–Crippen MR) is 103 cm³/mol. The number of hydrogen-bond acceptors (Lipinski definition) is 4. The molecule has 1 unspecified atom stereocenters. The van der Waals surface area contributed by atoms with E-state index in [0.29, 0.717) is 22.8 Å². The Kier molecular flexibility index (Phi) is 4.26. The molecule has 2 aromatic heterocycles. The van der Waals surface area contributed by atoms with Crippen molar-refractivity contribution in [1.82, 2.24) is 0 Å². The van der Waals surface area contributed by atoms with Crippen molar-refractivity contribution in [2.75, 3.05) is 31.8 Å². The molecule has 134 valence electrons.